The van der Waals surface area contributed by atoms with Crippen molar-refractivity contribution in [1.29, 1.82) is 0 Å². The van der Waals surface area contributed by atoms with Crippen molar-refractivity contribution < 1.29 is 33.8 Å². The number of carbonyl (C=O) groups is 3. The molecule has 1 aromatic carbocycles. The smallest absolute Gasteiger partial charge is 0.407 e. The predicted octanol–water partition coefficient (Wildman–Crippen LogP) is 2.96. The largest absolute Gasteiger partial charge is 0.486 e. The normalized spacial score (nSPS) is 20.4. The fraction of sp³-hybridized carbons (Fsp3) is 0.543. The first-order valence-corrected chi connectivity index (χ1v) is 17.3. The average molecular weight is 689 g/mol. The molecule has 3 aliphatic heterocycles. The lowest BCUT2D eigenvalue weighted by atomic mass is 9.60. The molecule has 50 heavy (non-hydrogen) atoms. The number of aliphatic hydroxyl groups excluding tert-OH is 1. The summed E-state index contributed by atoms with van der Waals surface area (Å²) >= 11 is 0. The number of aryl methyl sites for hydroxylation is 1. The zero-order chi connectivity index (χ0) is 35.0. The molecule has 1 saturated carbocycles. The number of oxazole rings is 1. The first-order valence-electron chi connectivity index (χ1n) is 17.3. The van der Waals surface area contributed by atoms with Crippen LogP contribution < -0.4 is 20.3 Å². The van der Waals surface area contributed by atoms with E-state index in [-0.39, 0.29) is 49.2 Å². The molecule has 4 N–H and O–H groups in total. The molecular formula is C35H44N8O7. The van der Waals surface area contributed by atoms with Crippen molar-refractivity contribution in [3.05, 3.63) is 58.9 Å². The number of carbonyl (C=O) groups excluding carboxylic acids is 2. The highest BCUT2D eigenvalue weighted by Crippen LogP contribution is 2.49. The van der Waals surface area contributed by atoms with Gasteiger partial charge in [0, 0.05) is 63.7 Å². The Balaban J connectivity index is 0.997. The summed E-state index contributed by atoms with van der Waals surface area (Å²) in [5.74, 6) is 1.86. The van der Waals surface area contributed by atoms with Gasteiger partial charge in [-0.25, -0.2) is 14.8 Å². The minimum Gasteiger partial charge on any atom is -0.486 e. The van der Waals surface area contributed by atoms with Crippen molar-refractivity contribution in [3.63, 3.8) is 0 Å². The van der Waals surface area contributed by atoms with Crippen molar-refractivity contribution >= 4 is 29.7 Å². The van der Waals surface area contributed by atoms with Crippen LogP contribution in [-0.4, -0.2) is 104 Å². The van der Waals surface area contributed by atoms with Gasteiger partial charge < -0.3 is 39.8 Å². The summed E-state index contributed by atoms with van der Waals surface area (Å²) in [4.78, 5) is 56.1. The van der Waals surface area contributed by atoms with Gasteiger partial charge in [-0.3, -0.25) is 14.5 Å². The van der Waals surface area contributed by atoms with Crippen molar-refractivity contribution in [2.45, 2.75) is 83.7 Å². The van der Waals surface area contributed by atoms with Crippen LogP contribution in [0, 0.1) is 12.3 Å². The third kappa shape index (κ3) is 7.04. The second-order valence-corrected chi connectivity index (χ2v) is 14.2. The number of benzene rings is 1. The monoisotopic (exact) mass is 688 g/mol. The van der Waals surface area contributed by atoms with E-state index in [0.29, 0.717) is 23.3 Å². The van der Waals surface area contributed by atoms with Gasteiger partial charge in [-0.05, 0) is 68.7 Å². The van der Waals surface area contributed by atoms with E-state index >= 15 is 0 Å². The molecule has 15 heteroatoms. The van der Waals surface area contributed by atoms with Gasteiger partial charge in [0.25, 0.3) is 5.91 Å². The number of amides is 3. The molecule has 2 saturated heterocycles. The molecule has 1 spiro atoms. The molecular weight excluding hydrogens is 644 g/mol. The van der Waals surface area contributed by atoms with Gasteiger partial charge in [-0.15, -0.1) is 0 Å². The minimum atomic E-state index is -1.17. The summed E-state index contributed by atoms with van der Waals surface area (Å²) in [7, 11) is 0. The number of nitrogens with zero attached hydrogens (tertiary/aromatic N) is 6. The van der Waals surface area contributed by atoms with Crippen molar-refractivity contribution in [2.75, 3.05) is 42.9 Å². The van der Waals surface area contributed by atoms with Gasteiger partial charge in [-0.2, -0.15) is 4.98 Å². The quantitative estimate of drug-likeness (QED) is 0.244. The summed E-state index contributed by atoms with van der Waals surface area (Å²) in [5.41, 5.74) is 2.76. The number of hydrogen-bond acceptors (Lipinski definition) is 11. The number of carboxylic acid groups (broad SMARTS) is 1. The van der Waals surface area contributed by atoms with Crippen LogP contribution in [-0.2, 0) is 24.4 Å². The molecule has 266 valence electrons. The van der Waals surface area contributed by atoms with Gasteiger partial charge in [0.15, 0.2) is 12.2 Å². The van der Waals surface area contributed by atoms with Gasteiger partial charge in [-0.1, -0.05) is 6.07 Å². The third-order valence-electron chi connectivity index (χ3n) is 10.5. The number of fused-ring (bicyclic) bond motifs is 1. The number of anilines is 2. The zero-order valence-corrected chi connectivity index (χ0v) is 28.4. The van der Waals surface area contributed by atoms with Crippen LogP contribution in [0.4, 0.5) is 16.6 Å². The Bertz CT molecular complexity index is 1740. The standard InChI is InChI=1S/C35H44N8O7/c1-21-30(50-20-37-21)17-49-26-7-6-23-11-28(43(34(47)48)16-24(23)10-26)29(45)15-36-32(46)27-12-31(40-33(39-27)41-8-4-3-5-9-41)38-25-13-35(14-25)18-42(19-35)22(2)44/h6-7,10,12,20,25,28-29,45H,3-5,8-9,11,13-19H2,1-2H3,(H,36,46)(H,47,48)(H,38,39,40)/t28-,29?/m0/s1. The van der Waals surface area contributed by atoms with E-state index in [1.165, 1.54) is 11.3 Å². The summed E-state index contributed by atoms with van der Waals surface area (Å²) in [6.07, 6.45) is 4.33. The van der Waals surface area contributed by atoms with E-state index in [0.717, 1.165) is 75.1 Å². The molecule has 1 aliphatic carbocycles. The molecule has 3 amide bonds. The lowest BCUT2D eigenvalue weighted by molar-refractivity contribution is -0.148. The van der Waals surface area contributed by atoms with E-state index in [2.05, 4.69) is 25.5 Å². The van der Waals surface area contributed by atoms with Gasteiger partial charge in [0.1, 0.15) is 23.9 Å². The average Bonchev–Trinajstić information content (AvgIpc) is 3.49. The molecule has 4 aliphatic rings. The predicted molar refractivity (Wildman–Crippen MR) is 181 cm³/mol. The first kappa shape index (κ1) is 33.6. The number of nitrogens with one attached hydrogen (secondary N) is 2. The number of hydrogen-bond donors (Lipinski definition) is 4. The Morgan fingerprint density at radius 2 is 1.88 bits per heavy atom. The first-order chi connectivity index (χ1) is 24.1. The van der Waals surface area contributed by atoms with Gasteiger partial charge in [0.05, 0.1) is 17.8 Å². The summed E-state index contributed by atoms with van der Waals surface area (Å²) < 4.78 is 11.2. The Kier molecular flexibility index (Phi) is 9.24. The second kappa shape index (κ2) is 13.8. The van der Waals surface area contributed by atoms with Crippen LogP contribution in [0.3, 0.4) is 0 Å². The van der Waals surface area contributed by atoms with E-state index in [4.69, 9.17) is 14.1 Å². The Morgan fingerprint density at radius 3 is 2.58 bits per heavy atom. The Labute approximate surface area is 290 Å². The van der Waals surface area contributed by atoms with Crippen LogP contribution in [0.2, 0.25) is 0 Å². The number of aliphatic hydroxyl groups is 1. The summed E-state index contributed by atoms with van der Waals surface area (Å²) in [6.45, 7) is 6.70. The molecule has 5 heterocycles. The maximum atomic E-state index is 13.5. The SMILES string of the molecule is CC(=O)N1CC2(CC(Nc3cc(C(=O)NCC(O)[C@@H]4Cc5ccc(OCc6ocnc6C)cc5CN4C(=O)O)nc(N4CCCCC4)n3)C2)C1. The lowest BCUT2D eigenvalue weighted by Crippen LogP contribution is -2.65. The molecule has 3 aromatic rings. The van der Waals surface area contributed by atoms with Gasteiger partial charge in [0.2, 0.25) is 11.9 Å². The second-order valence-electron chi connectivity index (χ2n) is 14.2. The lowest BCUT2D eigenvalue weighted by Gasteiger charge is -2.59. The van der Waals surface area contributed by atoms with Crippen LogP contribution >= 0.6 is 0 Å². The Morgan fingerprint density at radius 1 is 1.10 bits per heavy atom. The zero-order valence-electron chi connectivity index (χ0n) is 28.4. The van der Waals surface area contributed by atoms with Crippen LogP contribution in [0.5, 0.6) is 5.75 Å². The topological polar surface area (TPSA) is 186 Å². The number of aromatic nitrogens is 3. The summed E-state index contributed by atoms with van der Waals surface area (Å²) in [6, 6.07) is 6.53. The van der Waals surface area contributed by atoms with E-state index in [1.807, 2.05) is 24.0 Å². The van der Waals surface area contributed by atoms with E-state index in [1.54, 1.807) is 19.1 Å². The molecule has 2 atom stereocenters. The van der Waals surface area contributed by atoms with Crippen LogP contribution in [0.1, 0.15) is 72.1 Å². The van der Waals surface area contributed by atoms with Crippen molar-refractivity contribution in [2.24, 2.45) is 5.41 Å². The molecule has 7 rings (SSSR count). The highest BCUT2D eigenvalue weighted by molar-refractivity contribution is 5.93. The number of ether oxygens (including phenoxy) is 1. The molecule has 0 radical (unpaired) electrons. The van der Waals surface area contributed by atoms with Gasteiger partial charge >= 0.3 is 6.09 Å². The number of likely N-dealkylation sites (tertiary alicyclic amines) is 1. The number of piperidine rings is 1. The molecule has 3 fully saturated rings. The molecule has 2 aromatic heterocycles. The highest BCUT2D eigenvalue weighted by atomic mass is 16.5. The number of rotatable bonds is 10. The molecule has 15 nitrogen and oxygen atoms in total. The maximum Gasteiger partial charge on any atom is 0.407 e. The maximum absolute atomic E-state index is 13.5. The Hall–Kier alpha value is -4.92. The minimum absolute atomic E-state index is 0.0637. The fourth-order valence-electron chi connectivity index (χ4n) is 7.67. The summed E-state index contributed by atoms with van der Waals surface area (Å²) in [5, 5.41) is 27.6. The van der Waals surface area contributed by atoms with Crippen LogP contribution in [0.25, 0.3) is 0 Å². The fourth-order valence-corrected chi connectivity index (χ4v) is 7.67. The highest BCUT2D eigenvalue weighted by Gasteiger charge is 2.53. The van der Waals surface area contributed by atoms with Crippen molar-refractivity contribution in [1.82, 2.24) is 30.1 Å². The third-order valence-corrected chi connectivity index (χ3v) is 10.5. The molecule has 0 bridgehead atoms. The molecule has 1 unspecified atom stereocenters. The van der Waals surface area contributed by atoms with E-state index < -0.39 is 24.1 Å². The van der Waals surface area contributed by atoms with E-state index in [9.17, 15) is 24.6 Å². The van der Waals surface area contributed by atoms with Crippen molar-refractivity contribution in [3.8, 4) is 5.75 Å². The van der Waals surface area contributed by atoms with Crippen LogP contribution in [0.15, 0.2) is 35.1 Å².